The lowest BCUT2D eigenvalue weighted by Gasteiger charge is -2.28. The maximum Gasteiger partial charge on any atom is 0.234 e. The van der Waals surface area contributed by atoms with Gasteiger partial charge in [0.1, 0.15) is 5.82 Å². The second kappa shape index (κ2) is 8.41. The first-order chi connectivity index (χ1) is 11.0. The summed E-state index contributed by atoms with van der Waals surface area (Å²) in [5.74, 6) is 0.0840. The molecule has 2 N–H and O–H groups in total. The number of rotatable bonds is 7. The molecule has 0 aromatic heterocycles. The molecule has 0 heterocycles. The third-order valence-electron chi connectivity index (χ3n) is 4.83. The van der Waals surface area contributed by atoms with Gasteiger partial charge in [0, 0.05) is 6.04 Å². The molecule has 1 saturated carbocycles. The van der Waals surface area contributed by atoms with Gasteiger partial charge in [0.05, 0.1) is 19.2 Å². The zero-order chi connectivity index (χ0) is 16.8. The van der Waals surface area contributed by atoms with Crippen molar-refractivity contribution in [3.63, 3.8) is 0 Å². The van der Waals surface area contributed by atoms with Crippen molar-refractivity contribution >= 4 is 5.91 Å². The maximum absolute atomic E-state index is 13.2. The van der Waals surface area contributed by atoms with E-state index in [9.17, 15) is 9.18 Å². The zero-order valence-corrected chi connectivity index (χ0v) is 14.0. The molecule has 23 heavy (non-hydrogen) atoms. The number of benzene rings is 1. The van der Waals surface area contributed by atoms with Crippen molar-refractivity contribution in [3.05, 3.63) is 35.6 Å². The number of halogens is 1. The molecule has 1 fully saturated rings. The number of amides is 1. The van der Waals surface area contributed by atoms with Crippen molar-refractivity contribution < 1.29 is 14.3 Å². The Morgan fingerprint density at radius 2 is 1.96 bits per heavy atom. The molecule has 0 bridgehead atoms. The molecule has 0 aliphatic heterocycles. The molecule has 1 aliphatic rings. The van der Waals surface area contributed by atoms with Crippen LogP contribution in [0.15, 0.2) is 24.3 Å². The van der Waals surface area contributed by atoms with Gasteiger partial charge in [-0.25, -0.2) is 4.39 Å². The Bertz CT molecular complexity index is 500. The van der Waals surface area contributed by atoms with Crippen molar-refractivity contribution in [1.29, 1.82) is 0 Å². The fourth-order valence-electron chi connectivity index (χ4n) is 3.18. The van der Waals surface area contributed by atoms with E-state index in [1.807, 2.05) is 18.9 Å². The number of nitrogens with one attached hydrogen (secondary N) is 1. The number of carbonyl (C=O) groups excluding carboxylic acids is 1. The minimum Gasteiger partial charge on any atom is -0.395 e. The first-order valence-electron chi connectivity index (χ1n) is 8.37. The van der Waals surface area contributed by atoms with E-state index in [0.717, 1.165) is 18.4 Å². The van der Waals surface area contributed by atoms with Crippen LogP contribution in [0.4, 0.5) is 4.39 Å². The van der Waals surface area contributed by atoms with E-state index in [2.05, 4.69) is 5.32 Å². The Morgan fingerprint density at radius 3 is 2.52 bits per heavy atom. The first-order valence-corrected chi connectivity index (χ1v) is 8.37. The van der Waals surface area contributed by atoms with Crippen LogP contribution in [0, 0.1) is 11.7 Å². The van der Waals surface area contributed by atoms with Gasteiger partial charge in [-0.05, 0) is 50.4 Å². The predicted octanol–water partition coefficient (Wildman–Crippen LogP) is 2.49. The average molecular weight is 322 g/mol. The number of hydrogen-bond acceptors (Lipinski definition) is 3. The summed E-state index contributed by atoms with van der Waals surface area (Å²) >= 11 is 0. The van der Waals surface area contributed by atoms with Crippen LogP contribution in [0.3, 0.4) is 0 Å². The molecular weight excluding hydrogens is 295 g/mol. The molecule has 5 heteroatoms. The highest BCUT2D eigenvalue weighted by Crippen LogP contribution is 2.35. The van der Waals surface area contributed by atoms with Gasteiger partial charge in [0.25, 0.3) is 0 Å². The standard InChI is InChI=1S/C18H27FN2O2/c1-13(12-22)21(2)11-17(23)20-18(14-5-3-4-6-14)15-7-9-16(19)10-8-15/h7-10,13-14,18,22H,3-6,11-12H2,1-2H3,(H,20,23). The van der Waals surface area contributed by atoms with Crippen LogP contribution in [-0.4, -0.2) is 42.2 Å². The lowest BCUT2D eigenvalue weighted by atomic mass is 9.91. The Balaban J connectivity index is 2.05. The number of nitrogens with zero attached hydrogens (tertiary/aromatic N) is 1. The largest absolute Gasteiger partial charge is 0.395 e. The van der Waals surface area contributed by atoms with Gasteiger partial charge in [0.2, 0.25) is 5.91 Å². The minimum absolute atomic E-state index is 0.0216. The molecule has 1 aliphatic carbocycles. The second-order valence-electron chi connectivity index (χ2n) is 6.59. The Kier molecular flexibility index (Phi) is 6.54. The van der Waals surface area contributed by atoms with Crippen LogP contribution in [0.2, 0.25) is 0 Å². The van der Waals surface area contributed by atoms with Crippen LogP contribution >= 0.6 is 0 Å². The SMILES string of the molecule is CC(CO)N(C)CC(=O)NC(c1ccc(F)cc1)C1CCCC1. The third-order valence-corrected chi connectivity index (χ3v) is 4.83. The van der Waals surface area contributed by atoms with Crippen molar-refractivity contribution in [3.8, 4) is 0 Å². The van der Waals surface area contributed by atoms with Gasteiger partial charge >= 0.3 is 0 Å². The Morgan fingerprint density at radius 1 is 1.35 bits per heavy atom. The highest BCUT2D eigenvalue weighted by molar-refractivity contribution is 5.78. The van der Waals surface area contributed by atoms with Gasteiger partial charge in [-0.1, -0.05) is 25.0 Å². The van der Waals surface area contributed by atoms with Crippen LogP contribution < -0.4 is 5.32 Å². The van der Waals surface area contributed by atoms with Crippen molar-refractivity contribution in [2.45, 2.75) is 44.7 Å². The van der Waals surface area contributed by atoms with E-state index in [1.165, 1.54) is 25.0 Å². The van der Waals surface area contributed by atoms with Crippen LogP contribution in [0.1, 0.15) is 44.2 Å². The first kappa shape index (κ1) is 17.9. The highest BCUT2D eigenvalue weighted by atomic mass is 19.1. The van der Waals surface area contributed by atoms with Crippen LogP contribution in [0.25, 0.3) is 0 Å². The zero-order valence-electron chi connectivity index (χ0n) is 14.0. The van der Waals surface area contributed by atoms with E-state index in [0.29, 0.717) is 5.92 Å². The second-order valence-corrected chi connectivity index (χ2v) is 6.59. The summed E-state index contributed by atoms with van der Waals surface area (Å²) in [6.07, 6.45) is 4.54. The summed E-state index contributed by atoms with van der Waals surface area (Å²) in [6.45, 7) is 2.14. The number of likely N-dealkylation sites (N-methyl/N-ethyl adjacent to an activating group) is 1. The maximum atomic E-state index is 13.2. The van der Waals surface area contributed by atoms with Crippen molar-refractivity contribution in [2.75, 3.05) is 20.2 Å². The molecule has 0 saturated heterocycles. The number of aliphatic hydroxyl groups is 1. The Hall–Kier alpha value is -1.46. The molecule has 2 atom stereocenters. The molecule has 4 nitrogen and oxygen atoms in total. The van der Waals surface area contributed by atoms with Gasteiger partial charge < -0.3 is 10.4 Å². The monoisotopic (exact) mass is 322 g/mol. The molecule has 0 radical (unpaired) electrons. The molecule has 2 unspecified atom stereocenters. The van der Waals surface area contributed by atoms with E-state index < -0.39 is 0 Å². The fraction of sp³-hybridized carbons (Fsp3) is 0.611. The van der Waals surface area contributed by atoms with E-state index in [4.69, 9.17) is 5.11 Å². The summed E-state index contributed by atoms with van der Waals surface area (Å²) in [7, 11) is 1.82. The smallest absolute Gasteiger partial charge is 0.234 e. The summed E-state index contributed by atoms with van der Waals surface area (Å²) in [6, 6.07) is 6.30. The topological polar surface area (TPSA) is 52.6 Å². The number of hydrogen-bond donors (Lipinski definition) is 2. The summed E-state index contributed by atoms with van der Waals surface area (Å²) in [4.78, 5) is 14.2. The lowest BCUT2D eigenvalue weighted by Crippen LogP contribution is -2.43. The van der Waals surface area contributed by atoms with Gasteiger partial charge in [-0.3, -0.25) is 9.69 Å². The van der Waals surface area contributed by atoms with E-state index in [-0.39, 0.29) is 37.0 Å². The molecule has 1 aromatic carbocycles. The molecule has 2 rings (SSSR count). The third kappa shape index (κ3) is 5.01. The van der Waals surface area contributed by atoms with Gasteiger partial charge in [-0.15, -0.1) is 0 Å². The summed E-state index contributed by atoms with van der Waals surface area (Å²) in [5.41, 5.74) is 0.963. The predicted molar refractivity (Wildman–Crippen MR) is 88.4 cm³/mol. The summed E-state index contributed by atoms with van der Waals surface area (Å²) in [5, 5.41) is 12.3. The van der Waals surface area contributed by atoms with Crippen LogP contribution in [-0.2, 0) is 4.79 Å². The minimum atomic E-state index is -0.262. The highest BCUT2D eigenvalue weighted by Gasteiger charge is 2.28. The molecule has 1 amide bonds. The quantitative estimate of drug-likeness (QED) is 0.811. The fourth-order valence-corrected chi connectivity index (χ4v) is 3.18. The van der Waals surface area contributed by atoms with Crippen LogP contribution in [0.5, 0.6) is 0 Å². The number of aliphatic hydroxyl groups excluding tert-OH is 1. The summed E-state index contributed by atoms with van der Waals surface area (Å²) < 4.78 is 13.2. The molecule has 1 aromatic rings. The van der Waals surface area contributed by atoms with E-state index >= 15 is 0 Å². The average Bonchev–Trinajstić information content (AvgIpc) is 3.07. The lowest BCUT2D eigenvalue weighted by molar-refractivity contribution is -0.123. The normalized spacial score (nSPS) is 18.1. The van der Waals surface area contributed by atoms with E-state index in [1.54, 1.807) is 12.1 Å². The van der Waals surface area contributed by atoms with Gasteiger partial charge in [-0.2, -0.15) is 0 Å². The van der Waals surface area contributed by atoms with Crippen molar-refractivity contribution in [1.82, 2.24) is 10.2 Å². The number of carbonyl (C=O) groups is 1. The van der Waals surface area contributed by atoms with Gasteiger partial charge in [0.15, 0.2) is 0 Å². The molecular formula is C18H27FN2O2. The molecule has 0 spiro atoms. The Labute approximate surface area is 137 Å². The molecule has 128 valence electrons. The van der Waals surface area contributed by atoms with Crippen molar-refractivity contribution in [2.24, 2.45) is 5.92 Å².